The second-order valence-electron chi connectivity index (χ2n) is 5.00. The van der Waals surface area contributed by atoms with E-state index in [1.165, 1.54) is 17.4 Å². The molecule has 24 heavy (non-hydrogen) atoms. The molecule has 0 spiro atoms. The molecular weight excluding hydrogens is 320 g/mol. The van der Waals surface area contributed by atoms with Gasteiger partial charge in [-0.2, -0.15) is 0 Å². The predicted octanol–water partition coefficient (Wildman–Crippen LogP) is 4.47. The minimum Gasteiger partial charge on any atom is -0.497 e. The highest BCUT2D eigenvalue weighted by Gasteiger charge is 2.06. The van der Waals surface area contributed by atoms with Gasteiger partial charge >= 0.3 is 0 Å². The highest BCUT2D eigenvalue weighted by Crippen LogP contribution is 2.26. The van der Waals surface area contributed by atoms with Crippen LogP contribution in [0.4, 0.5) is 5.13 Å². The Morgan fingerprint density at radius 3 is 2.58 bits per heavy atom. The minimum absolute atomic E-state index is 0.200. The van der Waals surface area contributed by atoms with Crippen LogP contribution < -0.4 is 10.1 Å². The molecule has 1 heterocycles. The molecular formula is C19H16N2O2S. The summed E-state index contributed by atoms with van der Waals surface area (Å²) in [6, 6.07) is 17.3. The Labute approximate surface area is 144 Å². The van der Waals surface area contributed by atoms with E-state index >= 15 is 0 Å². The third kappa shape index (κ3) is 4.08. The van der Waals surface area contributed by atoms with Gasteiger partial charge in [0.25, 0.3) is 0 Å². The Bertz CT molecular complexity index is 839. The Morgan fingerprint density at radius 2 is 1.88 bits per heavy atom. The maximum absolute atomic E-state index is 12.0. The molecule has 0 aliphatic carbocycles. The molecule has 0 unspecified atom stereocenters. The van der Waals surface area contributed by atoms with Crippen molar-refractivity contribution in [2.75, 3.05) is 12.4 Å². The van der Waals surface area contributed by atoms with Crippen LogP contribution in [-0.4, -0.2) is 18.0 Å². The minimum atomic E-state index is -0.200. The summed E-state index contributed by atoms with van der Waals surface area (Å²) in [6.07, 6.45) is 3.27. The summed E-state index contributed by atoms with van der Waals surface area (Å²) in [5, 5.41) is 5.27. The maximum atomic E-state index is 12.0. The monoisotopic (exact) mass is 336 g/mol. The van der Waals surface area contributed by atoms with Crippen LogP contribution in [0.25, 0.3) is 17.3 Å². The summed E-state index contributed by atoms with van der Waals surface area (Å²) in [5.41, 5.74) is 2.78. The van der Waals surface area contributed by atoms with Crippen LogP contribution in [0, 0.1) is 0 Å². The maximum Gasteiger partial charge on any atom is 0.250 e. The van der Waals surface area contributed by atoms with Crippen LogP contribution >= 0.6 is 11.3 Å². The van der Waals surface area contributed by atoms with E-state index in [1.807, 2.05) is 60.0 Å². The lowest BCUT2D eigenvalue weighted by molar-refractivity contribution is -0.111. The van der Waals surface area contributed by atoms with Gasteiger partial charge in [0.15, 0.2) is 5.13 Å². The Kier molecular flexibility index (Phi) is 5.03. The zero-order valence-corrected chi connectivity index (χ0v) is 13.9. The van der Waals surface area contributed by atoms with Crippen LogP contribution in [0.1, 0.15) is 5.56 Å². The van der Waals surface area contributed by atoms with Crippen molar-refractivity contribution in [3.05, 3.63) is 71.6 Å². The number of nitrogens with one attached hydrogen (secondary N) is 1. The average Bonchev–Trinajstić information content (AvgIpc) is 3.09. The first kappa shape index (κ1) is 16.0. The zero-order chi connectivity index (χ0) is 16.8. The fourth-order valence-electron chi connectivity index (χ4n) is 2.11. The molecule has 1 N–H and O–H groups in total. The van der Waals surface area contributed by atoms with E-state index in [0.29, 0.717) is 5.13 Å². The van der Waals surface area contributed by atoms with Gasteiger partial charge in [-0.3, -0.25) is 10.1 Å². The SMILES string of the molecule is COc1ccc(-c2csc(NC(=O)/C=C/c3ccccc3)n2)cc1. The number of amides is 1. The van der Waals surface area contributed by atoms with Crippen LogP contribution in [0.3, 0.4) is 0 Å². The highest BCUT2D eigenvalue weighted by atomic mass is 32.1. The highest BCUT2D eigenvalue weighted by molar-refractivity contribution is 7.14. The molecule has 0 saturated heterocycles. The smallest absolute Gasteiger partial charge is 0.250 e. The van der Waals surface area contributed by atoms with E-state index in [0.717, 1.165) is 22.6 Å². The molecule has 1 aromatic heterocycles. The molecule has 3 rings (SSSR count). The van der Waals surface area contributed by atoms with Crippen LogP contribution in [-0.2, 0) is 4.79 Å². The summed E-state index contributed by atoms with van der Waals surface area (Å²) in [6.45, 7) is 0. The van der Waals surface area contributed by atoms with Gasteiger partial charge in [-0.05, 0) is 35.9 Å². The summed E-state index contributed by atoms with van der Waals surface area (Å²) in [7, 11) is 1.63. The van der Waals surface area contributed by atoms with Crippen molar-refractivity contribution in [1.82, 2.24) is 4.98 Å². The van der Waals surface area contributed by atoms with Crippen LogP contribution in [0.5, 0.6) is 5.75 Å². The van der Waals surface area contributed by atoms with Gasteiger partial charge in [-0.25, -0.2) is 4.98 Å². The number of benzene rings is 2. The van der Waals surface area contributed by atoms with Gasteiger partial charge in [-0.1, -0.05) is 30.3 Å². The molecule has 0 bridgehead atoms. The second-order valence-corrected chi connectivity index (χ2v) is 5.86. The Hall–Kier alpha value is -2.92. The number of hydrogen-bond acceptors (Lipinski definition) is 4. The largest absolute Gasteiger partial charge is 0.497 e. The molecule has 0 radical (unpaired) electrons. The number of ether oxygens (including phenoxy) is 1. The first-order valence-corrected chi connectivity index (χ1v) is 8.26. The third-order valence-corrected chi connectivity index (χ3v) is 4.10. The molecule has 0 aliphatic rings. The molecule has 0 aliphatic heterocycles. The van der Waals surface area contributed by atoms with Gasteiger partial charge in [-0.15, -0.1) is 11.3 Å². The van der Waals surface area contributed by atoms with Gasteiger partial charge in [0.2, 0.25) is 5.91 Å². The molecule has 0 fully saturated rings. The number of aromatic nitrogens is 1. The molecule has 0 saturated carbocycles. The number of anilines is 1. The fourth-order valence-corrected chi connectivity index (χ4v) is 2.83. The molecule has 4 nitrogen and oxygen atoms in total. The van der Waals surface area contributed by atoms with Crippen LogP contribution in [0.2, 0.25) is 0 Å². The molecule has 120 valence electrons. The number of nitrogens with zero attached hydrogens (tertiary/aromatic N) is 1. The van der Waals surface area contributed by atoms with Crippen molar-refractivity contribution >= 4 is 28.5 Å². The van der Waals surface area contributed by atoms with Crippen molar-refractivity contribution < 1.29 is 9.53 Å². The predicted molar refractivity (Wildman–Crippen MR) is 98.2 cm³/mol. The lowest BCUT2D eigenvalue weighted by Crippen LogP contribution is -2.07. The number of thiazole rings is 1. The molecule has 3 aromatic rings. The van der Waals surface area contributed by atoms with Gasteiger partial charge in [0.05, 0.1) is 12.8 Å². The topological polar surface area (TPSA) is 51.2 Å². The molecule has 1 amide bonds. The normalized spacial score (nSPS) is 10.7. The Balaban J connectivity index is 1.65. The number of carbonyl (C=O) groups excluding carboxylic acids is 1. The van der Waals surface area contributed by atoms with E-state index in [2.05, 4.69) is 10.3 Å². The first-order valence-electron chi connectivity index (χ1n) is 7.38. The zero-order valence-electron chi connectivity index (χ0n) is 13.1. The van der Waals surface area contributed by atoms with E-state index in [4.69, 9.17) is 4.74 Å². The first-order chi connectivity index (χ1) is 11.7. The number of methoxy groups -OCH3 is 1. The summed E-state index contributed by atoms with van der Waals surface area (Å²) >= 11 is 1.40. The van der Waals surface area contributed by atoms with Crippen LogP contribution in [0.15, 0.2) is 66.1 Å². The van der Waals surface area contributed by atoms with E-state index < -0.39 is 0 Å². The number of hydrogen-bond donors (Lipinski definition) is 1. The second kappa shape index (κ2) is 7.57. The van der Waals surface area contributed by atoms with Gasteiger partial charge in [0, 0.05) is 17.0 Å². The lowest BCUT2D eigenvalue weighted by Gasteiger charge is -2.00. The molecule has 2 aromatic carbocycles. The van der Waals surface area contributed by atoms with E-state index in [1.54, 1.807) is 13.2 Å². The van der Waals surface area contributed by atoms with E-state index in [-0.39, 0.29) is 5.91 Å². The van der Waals surface area contributed by atoms with Crippen molar-refractivity contribution in [2.45, 2.75) is 0 Å². The molecule has 5 heteroatoms. The van der Waals surface area contributed by atoms with Crippen molar-refractivity contribution in [2.24, 2.45) is 0 Å². The van der Waals surface area contributed by atoms with Gasteiger partial charge < -0.3 is 4.74 Å². The third-order valence-electron chi connectivity index (χ3n) is 3.35. The van der Waals surface area contributed by atoms with Crippen molar-refractivity contribution in [3.8, 4) is 17.0 Å². The summed E-state index contributed by atoms with van der Waals surface area (Å²) < 4.78 is 5.14. The fraction of sp³-hybridized carbons (Fsp3) is 0.0526. The standard InChI is InChI=1S/C19H16N2O2S/c1-23-16-10-8-15(9-11-16)17-13-24-19(20-17)21-18(22)12-7-14-5-3-2-4-6-14/h2-13H,1H3,(H,20,21,22)/b12-7+. The summed E-state index contributed by atoms with van der Waals surface area (Å²) in [5.74, 6) is 0.600. The van der Waals surface area contributed by atoms with Crippen molar-refractivity contribution in [1.29, 1.82) is 0 Å². The van der Waals surface area contributed by atoms with E-state index in [9.17, 15) is 4.79 Å². The lowest BCUT2D eigenvalue weighted by atomic mass is 10.2. The van der Waals surface area contributed by atoms with Crippen molar-refractivity contribution in [3.63, 3.8) is 0 Å². The molecule has 0 atom stereocenters. The average molecular weight is 336 g/mol. The number of rotatable bonds is 5. The Morgan fingerprint density at radius 1 is 1.12 bits per heavy atom. The quantitative estimate of drug-likeness (QED) is 0.699. The summed E-state index contributed by atoms with van der Waals surface area (Å²) in [4.78, 5) is 16.4. The van der Waals surface area contributed by atoms with Gasteiger partial charge in [0.1, 0.15) is 5.75 Å². The number of carbonyl (C=O) groups is 1.